The molecule has 6 nitrogen and oxygen atoms in total. The highest BCUT2D eigenvalue weighted by Crippen LogP contribution is 2.26. The number of ether oxygens (including phenoxy) is 2. The highest BCUT2D eigenvalue weighted by molar-refractivity contribution is 7.89. The van der Waals surface area contributed by atoms with Crippen LogP contribution in [-0.4, -0.2) is 20.5 Å². The van der Waals surface area contributed by atoms with E-state index in [4.69, 9.17) is 9.47 Å². The van der Waals surface area contributed by atoms with E-state index in [0.29, 0.717) is 22.6 Å². The van der Waals surface area contributed by atoms with Crippen LogP contribution in [0.25, 0.3) is 0 Å². The molecule has 0 spiro atoms. The van der Waals surface area contributed by atoms with Gasteiger partial charge in [-0.25, -0.2) is 22.5 Å². The fourth-order valence-electron chi connectivity index (χ4n) is 2.77. The molecule has 0 atom stereocenters. The van der Waals surface area contributed by atoms with Crippen molar-refractivity contribution in [3.63, 3.8) is 0 Å². The molecule has 0 bridgehead atoms. The normalized spacial score (nSPS) is 11.3. The van der Waals surface area contributed by atoms with E-state index in [1.807, 2.05) is 0 Å². The predicted octanol–water partition coefficient (Wildman–Crippen LogP) is 4.12. The predicted molar refractivity (Wildman–Crippen MR) is 107 cm³/mol. The van der Waals surface area contributed by atoms with E-state index in [2.05, 4.69) is 9.71 Å². The molecule has 1 heterocycles. The first-order chi connectivity index (χ1) is 13.8. The van der Waals surface area contributed by atoms with E-state index < -0.39 is 10.0 Å². The lowest BCUT2D eigenvalue weighted by Crippen LogP contribution is -2.24. The third-order valence-corrected chi connectivity index (χ3v) is 5.83. The molecular formula is C21H21FN2O4S. The van der Waals surface area contributed by atoms with Crippen molar-refractivity contribution in [3.8, 4) is 17.4 Å². The molecule has 29 heavy (non-hydrogen) atoms. The first kappa shape index (κ1) is 20.8. The highest BCUT2D eigenvalue weighted by atomic mass is 32.2. The molecule has 0 saturated carbocycles. The van der Waals surface area contributed by atoms with Gasteiger partial charge in [-0.15, -0.1) is 0 Å². The van der Waals surface area contributed by atoms with Gasteiger partial charge in [-0.2, -0.15) is 0 Å². The van der Waals surface area contributed by atoms with Gasteiger partial charge in [-0.1, -0.05) is 0 Å². The van der Waals surface area contributed by atoms with Crippen LogP contribution in [0.5, 0.6) is 17.4 Å². The first-order valence-electron chi connectivity index (χ1n) is 8.82. The van der Waals surface area contributed by atoms with Crippen molar-refractivity contribution in [2.75, 3.05) is 7.11 Å². The van der Waals surface area contributed by atoms with Crippen LogP contribution in [0.2, 0.25) is 0 Å². The van der Waals surface area contributed by atoms with E-state index in [0.717, 1.165) is 5.56 Å². The van der Waals surface area contributed by atoms with Crippen molar-refractivity contribution in [1.82, 2.24) is 9.71 Å². The third-order valence-electron chi connectivity index (χ3n) is 4.28. The Morgan fingerprint density at radius 2 is 1.76 bits per heavy atom. The molecule has 8 heteroatoms. The summed E-state index contributed by atoms with van der Waals surface area (Å²) in [7, 11) is -2.18. The minimum atomic E-state index is -3.72. The van der Waals surface area contributed by atoms with Gasteiger partial charge in [0.05, 0.1) is 12.0 Å². The van der Waals surface area contributed by atoms with Crippen molar-refractivity contribution in [2.24, 2.45) is 0 Å². The molecule has 152 valence electrons. The van der Waals surface area contributed by atoms with Crippen molar-refractivity contribution < 1.29 is 22.3 Å². The number of nitrogens with zero attached hydrogens (tertiary/aromatic N) is 1. The van der Waals surface area contributed by atoms with Crippen LogP contribution in [0.4, 0.5) is 4.39 Å². The Hall–Kier alpha value is -2.97. The molecule has 0 amide bonds. The fourth-order valence-corrected chi connectivity index (χ4v) is 4.10. The number of hydrogen-bond acceptors (Lipinski definition) is 5. The number of sulfonamides is 1. The second-order valence-corrected chi connectivity index (χ2v) is 8.21. The smallest absolute Gasteiger partial charge is 0.241 e. The van der Waals surface area contributed by atoms with Gasteiger partial charge in [0.1, 0.15) is 17.3 Å². The second kappa shape index (κ2) is 8.59. The van der Waals surface area contributed by atoms with Crippen molar-refractivity contribution in [1.29, 1.82) is 0 Å². The van der Waals surface area contributed by atoms with E-state index >= 15 is 0 Å². The molecule has 0 aliphatic heterocycles. The average molecular weight is 416 g/mol. The number of aryl methyl sites for hydroxylation is 2. The lowest BCUT2D eigenvalue weighted by atomic mass is 10.1. The Labute approximate surface area is 169 Å². The summed E-state index contributed by atoms with van der Waals surface area (Å²) >= 11 is 0. The Balaban J connectivity index is 1.74. The average Bonchev–Trinajstić information content (AvgIpc) is 2.70. The largest absolute Gasteiger partial charge is 0.496 e. The summed E-state index contributed by atoms with van der Waals surface area (Å²) < 4.78 is 51.9. The van der Waals surface area contributed by atoms with Crippen LogP contribution < -0.4 is 14.2 Å². The lowest BCUT2D eigenvalue weighted by Gasteiger charge is -2.13. The molecule has 3 rings (SSSR count). The molecule has 0 aliphatic rings. The Morgan fingerprint density at radius 3 is 2.45 bits per heavy atom. The van der Waals surface area contributed by atoms with E-state index in [9.17, 15) is 12.8 Å². The fraction of sp³-hybridized carbons (Fsp3) is 0.190. The summed E-state index contributed by atoms with van der Waals surface area (Å²) in [6, 6.07) is 12.1. The number of benzene rings is 2. The zero-order valence-corrected chi connectivity index (χ0v) is 17.1. The van der Waals surface area contributed by atoms with Gasteiger partial charge in [0.15, 0.2) is 0 Å². The number of nitrogens with one attached hydrogen (secondary N) is 1. The minimum Gasteiger partial charge on any atom is -0.496 e. The molecule has 3 aromatic rings. The van der Waals surface area contributed by atoms with E-state index in [1.54, 1.807) is 45.2 Å². The SMILES string of the molecule is COc1cc(C)c(S(=O)(=O)NCc2ccnc(Oc3ccc(F)cc3)c2)cc1C. The maximum atomic E-state index is 13.0. The summed E-state index contributed by atoms with van der Waals surface area (Å²) in [5.74, 6) is 0.987. The summed E-state index contributed by atoms with van der Waals surface area (Å²) in [5.41, 5.74) is 2.00. The number of pyridine rings is 1. The van der Waals surface area contributed by atoms with Crippen LogP contribution in [0.3, 0.4) is 0 Å². The summed E-state index contributed by atoms with van der Waals surface area (Å²) in [5, 5.41) is 0. The summed E-state index contributed by atoms with van der Waals surface area (Å²) in [4.78, 5) is 4.30. The molecule has 0 aliphatic carbocycles. The van der Waals surface area contributed by atoms with Gasteiger partial charge >= 0.3 is 0 Å². The number of aromatic nitrogens is 1. The highest BCUT2D eigenvalue weighted by Gasteiger charge is 2.18. The van der Waals surface area contributed by atoms with Crippen LogP contribution in [0.1, 0.15) is 16.7 Å². The number of methoxy groups -OCH3 is 1. The lowest BCUT2D eigenvalue weighted by molar-refractivity contribution is 0.411. The molecule has 1 aromatic heterocycles. The second-order valence-electron chi connectivity index (χ2n) is 6.47. The summed E-state index contributed by atoms with van der Waals surface area (Å²) in [6.07, 6.45) is 1.52. The number of halogens is 1. The van der Waals surface area contributed by atoms with Gasteiger partial charge in [0, 0.05) is 18.8 Å². The monoisotopic (exact) mass is 416 g/mol. The molecule has 0 saturated heterocycles. The molecule has 1 N–H and O–H groups in total. The molecular weight excluding hydrogens is 395 g/mol. The van der Waals surface area contributed by atoms with Crippen LogP contribution >= 0.6 is 0 Å². The molecule has 0 radical (unpaired) electrons. The van der Waals surface area contributed by atoms with Crippen molar-refractivity contribution in [3.05, 3.63) is 77.2 Å². The zero-order chi connectivity index (χ0) is 21.0. The van der Waals surface area contributed by atoms with Gasteiger partial charge in [-0.05, 0) is 73.0 Å². The molecule has 2 aromatic carbocycles. The Kier molecular flexibility index (Phi) is 6.14. The van der Waals surface area contributed by atoms with Crippen molar-refractivity contribution >= 4 is 10.0 Å². The topological polar surface area (TPSA) is 77.5 Å². The standard InChI is InChI=1S/C21H21FN2O4S/c1-14-11-20(15(2)10-19(14)27-3)29(25,26)24-13-16-8-9-23-21(12-16)28-18-6-4-17(22)5-7-18/h4-12,24H,13H2,1-3H3. The van der Waals surface area contributed by atoms with Gasteiger partial charge in [0.2, 0.25) is 15.9 Å². The summed E-state index contributed by atoms with van der Waals surface area (Å²) in [6.45, 7) is 3.58. The Bertz CT molecular complexity index is 1120. The minimum absolute atomic E-state index is 0.0646. The van der Waals surface area contributed by atoms with Crippen molar-refractivity contribution in [2.45, 2.75) is 25.3 Å². The van der Waals surface area contributed by atoms with Crippen LogP contribution in [-0.2, 0) is 16.6 Å². The van der Waals surface area contributed by atoms with E-state index in [1.165, 1.54) is 30.5 Å². The number of hydrogen-bond donors (Lipinski definition) is 1. The maximum Gasteiger partial charge on any atom is 0.241 e. The quantitative estimate of drug-likeness (QED) is 0.627. The van der Waals surface area contributed by atoms with Gasteiger partial charge in [0.25, 0.3) is 0 Å². The van der Waals surface area contributed by atoms with Crippen LogP contribution in [0.15, 0.2) is 59.6 Å². The molecule has 0 unspecified atom stereocenters. The Morgan fingerprint density at radius 1 is 1.03 bits per heavy atom. The molecule has 0 fully saturated rings. The third kappa shape index (κ3) is 5.10. The van der Waals surface area contributed by atoms with Gasteiger partial charge < -0.3 is 9.47 Å². The first-order valence-corrected chi connectivity index (χ1v) is 10.3. The maximum absolute atomic E-state index is 13.0. The zero-order valence-electron chi connectivity index (χ0n) is 16.3. The van der Waals surface area contributed by atoms with E-state index in [-0.39, 0.29) is 23.1 Å². The van der Waals surface area contributed by atoms with Gasteiger partial charge in [-0.3, -0.25) is 0 Å². The van der Waals surface area contributed by atoms with Crippen LogP contribution in [0, 0.1) is 19.7 Å². The number of rotatable bonds is 7.